The number of benzene rings is 2. The molecule has 0 aliphatic rings. The Kier molecular flexibility index (Phi) is 3.69. The maximum atomic E-state index is 8.91. The molecule has 0 aliphatic carbocycles. The summed E-state index contributed by atoms with van der Waals surface area (Å²) in [6.45, 7) is 0. The van der Waals surface area contributed by atoms with Gasteiger partial charge >= 0.3 is 0 Å². The highest BCUT2D eigenvalue weighted by atomic mass is 32.2. The molecule has 24 heavy (non-hydrogen) atoms. The summed E-state index contributed by atoms with van der Waals surface area (Å²) in [6.07, 6.45) is 0. The summed E-state index contributed by atoms with van der Waals surface area (Å²) in [6, 6.07) is 21.3. The van der Waals surface area contributed by atoms with Gasteiger partial charge in [0, 0.05) is 5.56 Å². The summed E-state index contributed by atoms with van der Waals surface area (Å²) in [5.41, 5.74) is 1.25. The minimum absolute atomic E-state index is 0.355. The van der Waals surface area contributed by atoms with Crippen molar-refractivity contribution in [3.8, 4) is 17.5 Å². The van der Waals surface area contributed by atoms with Crippen LogP contribution in [0.25, 0.3) is 22.2 Å². The van der Waals surface area contributed by atoms with Crippen molar-refractivity contribution in [2.45, 2.75) is 10.2 Å². The zero-order valence-corrected chi connectivity index (χ0v) is 13.2. The Bertz CT molecular complexity index is 1060. The van der Waals surface area contributed by atoms with Crippen molar-refractivity contribution in [1.29, 1.82) is 5.26 Å². The molecule has 0 atom stereocenters. The first-order chi connectivity index (χ1) is 11.8. The molecule has 114 valence electrons. The first-order valence-corrected chi connectivity index (χ1v) is 8.02. The first kappa shape index (κ1) is 14.4. The van der Waals surface area contributed by atoms with Gasteiger partial charge in [0.1, 0.15) is 16.8 Å². The average molecular weight is 330 g/mol. The predicted molar refractivity (Wildman–Crippen MR) is 90.3 cm³/mol. The summed E-state index contributed by atoms with van der Waals surface area (Å²) in [4.78, 5) is 4.19. The van der Waals surface area contributed by atoms with Crippen LogP contribution < -0.4 is 0 Å². The van der Waals surface area contributed by atoms with Gasteiger partial charge in [-0.15, -0.1) is 10.2 Å². The van der Waals surface area contributed by atoms with Crippen LogP contribution in [-0.4, -0.2) is 15.2 Å². The third-order valence-corrected chi connectivity index (χ3v) is 4.23. The van der Waals surface area contributed by atoms with Crippen LogP contribution in [0.2, 0.25) is 0 Å². The molecule has 0 bridgehead atoms. The van der Waals surface area contributed by atoms with E-state index in [1.54, 1.807) is 18.2 Å². The lowest BCUT2D eigenvalue weighted by atomic mass is 10.0. The zero-order chi connectivity index (χ0) is 16.4. The van der Waals surface area contributed by atoms with Crippen LogP contribution in [0.5, 0.6) is 0 Å². The van der Waals surface area contributed by atoms with E-state index in [0.717, 1.165) is 16.3 Å². The molecule has 0 aliphatic heterocycles. The van der Waals surface area contributed by atoms with Gasteiger partial charge < -0.3 is 4.42 Å². The molecule has 0 saturated heterocycles. The number of rotatable bonds is 3. The molecule has 4 rings (SSSR count). The summed E-state index contributed by atoms with van der Waals surface area (Å²) in [5.74, 6) is 0.464. The molecule has 4 aromatic rings. The Morgan fingerprint density at radius 2 is 1.75 bits per heavy atom. The minimum Gasteiger partial charge on any atom is -0.411 e. The Hall–Kier alpha value is -3.17. The number of aromatic nitrogens is 3. The summed E-state index contributed by atoms with van der Waals surface area (Å²) in [5, 5.41) is 20.3. The smallest absolute Gasteiger partial charge is 0.283 e. The second-order valence-electron chi connectivity index (χ2n) is 4.97. The van der Waals surface area contributed by atoms with Crippen LogP contribution in [0.15, 0.2) is 75.3 Å². The summed E-state index contributed by atoms with van der Waals surface area (Å²) >= 11 is 1.24. The highest BCUT2D eigenvalue weighted by molar-refractivity contribution is 7.99. The van der Waals surface area contributed by atoms with Gasteiger partial charge in [0.25, 0.3) is 5.22 Å². The van der Waals surface area contributed by atoms with Crippen molar-refractivity contribution in [2.24, 2.45) is 0 Å². The lowest BCUT2D eigenvalue weighted by molar-refractivity contribution is 0.466. The van der Waals surface area contributed by atoms with Crippen molar-refractivity contribution >= 4 is 22.5 Å². The number of hydrogen-bond donors (Lipinski definition) is 0. The van der Waals surface area contributed by atoms with Gasteiger partial charge in [0.15, 0.2) is 0 Å². The van der Waals surface area contributed by atoms with Crippen molar-refractivity contribution in [3.05, 3.63) is 66.4 Å². The van der Waals surface area contributed by atoms with Crippen molar-refractivity contribution < 1.29 is 4.42 Å². The number of nitrogens with zero attached hydrogens (tertiary/aromatic N) is 4. The van der Waals surface area contributed by atoms with Crippen LogP contribution in [0, 0.1) is 11.3 Å². The lowest BCUT2D eigenvalue weighted by Crippen LogP contribution is -1.84. The van der Waals surface area contributed by atoms with Crippen LogP contribution in [0.4, 0.5) is 0 Å². The largest absolute Gasteiger partial charge is 0.411 e. The molecule has 0 amide bonds. The standard InChI is InChI=1S/C18H10N4OS/c19-11-13-7-4-10-16(20-13)24-18-22-21-17(23-18)15-9-3-6-12-5-1-2-8-14(12)15/h1-10H. The van der Waals surface area contributed by atoms with Gasteiger partial charge in [0.05, 0.1) is 0 Å². The second-order valence-corrected chi connectivity index (χ2v) is 5.95. The van der Waals surface area contributed by atoms with E-state index >= 15 is 0 Å². The number of fused-ring (bicyclic) bond motifs is 1. The quantitative estimate of drug-likeness (QED) is 0.557. The van der Waals surface area contributed by atoms with Crippen LogP contribution in [-0.2, 0) is 0 Å². The van der Waals surface area contributed by atoms with Gasteiger partial charge in [-0.25, -0.2) is 4.98 Å². The van der Waals surface area contributed by atoms with Crippen molar-refractivity contribution in [3.63, 3.8) is 0 Å². The molecule has 6 heteroatoms. The van der Waals surface area contributed by atoms with Crippen LogP contribution in [0.3, 0.4) is 0 Å². The fourth-order valence-corrected chi connectivity index (χ4v) is 3.07. The van der Waals surface area contributed by atoms with E-state index in [1.807, 2.05) is 48.5 Å². The molecule has 2 heterocycles. The van der Waals surface area contributed by atoms with Crippen LogP contribution in [0.1, 0.15) is 5.69 Å². The van der Waals surface area contributed by atoms with Crippen molar-refractivity contribution in [1.82, 2.24) is 15.2 Å². The number of hydrogen-bond acceptors (Lipinski definition) is 6. The van der Waals surface area contributed by atoms with E-state index in [0.29, 0.717) is 21.8 Å². The topological polar surface area (TPSA) is 75.6 Å². The third kappa shape index (κ3) is 2.73. The molecule has 0 radical (unpaired) electrons. The summed E-state index contributed by atoms with van der Waals surface area (Å²) < 4.78 is 5.77. The molecule has 0 saturated carbocycles. The van der Waals surface area contributed by atoms with Gasteiger partial charge in [-0.1, -0.05) is 42.5 Å². The fraction of sp³-hybridized carbons (Fsp3) is 0. The van der Waals surface area contributed by atoms with Gasteiger partial charge in [-0.2, -0.15) is 5.26 Å². The predicted octanol–water partition coefficient (Wildman–Crippen LogP) is 4.31. The van der Waals surface area contributed by atoms with E-state index in [9.17, 15) is 0 Å². The molecule has 2 aromatic carbocycles. The van der Waals surface area contributed by atoms with E-state index in [2.05, 4.69) is 15.2 Å². The molecule has 2 aromatic heterocycles. The van der Waals surface area contributed by atoms with Gasteiger partial charge in [0.2, 0.25) is 5.89 Å². The fourth-order valence-electron chi connectivity index (χ4n) is 2.40. The Balaban J connectivity index is 1.68. The SMILES string of the molecule is N#Cc1cccc(Sc2nnc(-c3cccc4ccccc34)o2)n1. The number of pyridine rings is 1. The second kappa shape index (κ2) is 6.14. The monoisotopic (exact) mass is 330 g/mol. The molecule has 0 fully saturated rings. The Morgan fingerprint density at radius 3 is 2.67 bits per heavy atom. The maximum Gasteiger partial charge on any atom is 0.283 e. The van der Waals surface area contributed by atoms with E-state index in [-0.39, 0.29) is 0 Å². The van der Waals surface area contributed by atoms with E-state index < -0.39 is 0 Å². The molecule has 0 N–H and O–H groups in total. The number of nitriles is 1. The highest BCUT2D eigenvalue weighted by Gasteiger charge is 2.13. The lowest BCUT2D eigenvalue weighted by Gasteiger charge is -2.01. The van der Waals surface area contributed by atoms with Crippen LogP contribution >= 0.6 is 11.8 Å². The molecule has 0 unspecified atom stereocenters. The average Bonchev–Trinajstić information content (AvgIpc) is 3.09. The Morgan fingerprint density at radius 1 is 0.917 bits per heavy atom. The molecule has 5 nitrogen and oxygen atoms in total. The zero-order valence-electron chi connectivity index (χ0n) is 12.4. The Labute approximate surface area is 142 Å². The highest BCUT2D eigenvalue weighted by Crippen LogP contribution is 2.31. The first-order valence-electron chi connectivity index (χ1n) is 7.20. The van der Waals surface area contributed by atoms with E-state index in [1.165, 1.54) is 11.8 Å². The molecular formula is C18H10N4OS. The maximum absolute atomic E-state index is 8.91. The van der Waals surface area contributed by atoms with E-state index in [4.69, 9.17) is 9.68 Å². The normalized spacial score (nSPS) is 10.6. The van der Waals surface area contributed by atoms with Gasteiger partial charge in [-0.05, 0) is 40.7 Å². The summed E-state index contributed by atoms with van der Waals surface area (Å²) in [7, 11) is 0. The minimum atomic E-state index is 0.355. The van der Waals surface area contributed by atoms with Crippen molar-refractivity contribution in [2.75, 3.05) is 0 Å². The molecular weight excluding hydrogens is 320 g/mol. The third-order valence-electron chi connectivity index (χ3n) is 3.46. The van der Waals surface area contributed by atoms with Gasteiger partial charge in [-0.3, -0.25) is 0 Å². The molecule has 0 spiro atoms.